The third kappa shape index (κ3) is 8.39. The Morgan fingerprint density at radius 2 is 1.64 bits per heavy atom. The molecule has 0 aliphatic rings. The lowest BCUT2D eigenvalue weighted by Crippen LogP contribution is -2.50. The molecule has 6 heteroatoms. The average molecular weight is 473 g/mol. The number of amides is 2. The monoisotopic (exact) mass is 472 g/mol. The van der Waals surface area contributed by atoms with E-state index in [4.69, 9.17) is 16.3 Å². The molecule has 180 valence electrons. The van der Waals surface area contributed by atoms with Crippen LogP contribution in [0.25, 0.3) is 0 Å². The lowest BCUT2D eigenvalue weighted by Gasteiger charge is -2.31. The highest BCUT2D eigenvalue weighted by molar-refractivity contribution is 6.30. The predicted molar refractivity (Wildman–Crippen MR) is 135 cm³/mol. The number of benzene rings is 2. The fourth-order valence-corrected chi connectivity index (χ4v) is 3.53. The van der Waals surface area contributed by atoms with Gasteiger partial charge in [0.1, 0.15) is 11.8 Å². The van der Waals surface area contributed by atoms with E-state index in [1.165, 1.54) is 5.56 Å². The Balaban J connectivity index is 2.17. The lowest BCUT2D eigenvalue weighted by molar-refractivity contribution is -0.143. The van der Waals surface area contributed by atoms with Crippen LogP contribution in [0, 0.1) is 5.92 Å². The van der Waals surface area contributed by atoms with Crippen molar-refractivity contribution in [3.8, 4) is 5.75 Å². The van der Waals surface area contributed by atoms with Crippen LogP contribution in [0.3, 0.4) is 0 Å². The van der Waals surface area contributed by atoms with E-state index in [0.717, 1.165) is 5.56 Å². The highest BCUT2D eigenvalue weighted by Gasteiger charge is 2.29. The van der Waals surface area contributed by atoms with Crippen molar-refractivity contribution in [1.29, 1.82) is 0 Å². The van der Waals surface area contributed by atoms with Crippen molar-refractivity contribution in [3.63, 3.8) is 0 Å². The Morgan fingerprint density at radius 1 is 1.03 bits per heavy atom. The zero-order valence-electron chi connectivity index (χ0n) is 20.7. The summed E-state index contributed by atoms with van der Waals surface area (Å²) in [4.78, 5) is 27.8. The number of hydrogen-bond acceptors (Lipinski definition) is 3. The minimum absolute atomic E-state index is 0.0431. The zero-order valence-corrected chi connectivity index (χ0v) is 21.4. The van der Waals surface area contributed by atoms with E-state index >= 15 is 0 Å². The third-order valence-corrected chi connectivity index (χ3v) is 5.67. The molecule has 0 aliphatic heterocycles. The van der Waals surface area contributed by atoms with Gasteiger partial charge < -0.3 is 15.0 Å². The van der Waals surface area contributed by atoms with E-state index in [0.29, 0.717) is 36.2 Å². The lowest BCUT2D eigenvalue weighted by atomic mass is 9.87. The Kier molecular flexibility index (Phi) is 9.78. The van der Waals surface area contributed by atoms with Gasteiger partial charge in [-0.1, -0.05) is 77.4 Å². The van der Waals surface area contributed by atoms with Gasteiger partial charge in [0.25, 0.3) is 5.91 Å². The first-order valence-corrected chi connectivity index (χ1v) is 11.9. The van der Waals surface area contributed by atoms with Crippen LogP contribution >= 0.6 is 11.6 Å². The molecule has 0 aliphatic carbocycles. The van der Waals surface area contributed by atoms with E-state index in [9.17, 15) is 9.59 Å². The van der Waals surface area contributed by atoms with Gasteiger partial charge in [-0.25, -0.2) is 0 Å². The molecule has 1 atom stereocenters. The van der Waals surface area contributed by atoms with Crippen LogP contribution in [0.1, 0.15) is 59.1 Å². The van der Waals surface area contributed by atoms with Crippen LogP contribution in [-0.2, 0) is 21.5 Å². The number of ether oxygens (including phenoxy) is 1. The van der Waals surface area contributed by atoms with Crippen molar-refractivity contribution in [2.75, 3.05) is 13.2 Å². The molecule has 0 saturated carbocycles. The van der Waals surface area contributed by atoms with E-state index in [2.05, 4.69) is 26.1 Å². The van der Waals surface area contributed by atoms with Crippen molar-refractivity contribution in [3.05, 3.63) is 64.7 Å². The molecule has 5 nitrogen and oxygen atoms in total. The molecule has 2 aromatic carbocycles. The summed E-state index contributed by atoms with van der Waals surface area (Å²) in [6.07, 6.45) is 0.504. The van der Waals surface area contributed by atoms with Crippen LogP contribution < -0.4 is 10.1 Å². The Hall–Kier alpha value is -2.53. The normalized spacial score (nSPS) is 12.4. The van der Waals surface area contributed by atoms with Crippen molar-refractivity contribution in [2.45, 2.75) is 66.0 Å². The minimum Gasteiger partial charge on any atom is -0.484 e. The highest BCUT2D eigenvalue weighted by atomic mass is 35.5. The molecule has 0 radical (unpaired) electrons. The standard InChI is InChI=1S/C27H37ClN2O3/c1-7-24(26(32)29-16-19(2)3)30(17-20-8-12-22(28)13-9-20)25(31)18-33-23-14-10-21(11-15-23)27(4,5)6/h8-15,19,24H,7,16-18H2,1-6H3,(H,29,32)/t24-/m0/s1. The number of carbonyl (C=O) groups is 2. The first-order chi connectivity index (χ1) is 15.5. The molecule has 0 heterocycles. The highest BCUT2D eigenvalue weighted by Crippen LogP contribution is 2.24. The molecule has 2 aromatic rings. The molecular formula is C27H37ClN2O3. The molecule has 0 fully saturated rings. The Bertz CT molecular complexity index is 902. The quantitative estimate of drug-likeness (QED) is 0.490. The average Bonchev–Trinajstić information content (AvgIpc) is 2.76. The van der Waals surface area contributed by atoms with Gasteiger partial charge in [0.05, 0.1) is 0 Å². The maximum absolute atomic E-state index is 13.3. The van der Waals surface area contributed by atoms with Crippen LogP contribution in [0.5, 0.6) is 5.75 Å². The zero-order chi connectivity index (χ0) is 24.6. The molecule has 0 aromatic heterocycles. The first kappa shape index (κ1) is 26.7. The topological polar surface area (TPSA) is 58.6 Å². The summed E-state index contributed by atoms with van der Waals surface area (Å²) < 4.78 is 5.80. The predicted octanol–water partition coefficient (Wildman–Crippen LogP) is 5.60. The van der Waals surface area contributed by atoms with E-state index in [1.54, 1.807) is 17.0 Å². The molecule has 0 unspecified atom stereocenters. The number of hydrogen-bond donors (Lipinski definition) is 1. The molecular weight excluding hydrogens is 436 g/mol. The molecule has 2 rings (SSSR count). The third-order valence-electron chi connectivity index (χ3n) is 5.42. The Labute approximate surface area is 203 Å². The Morgan fingerprint density at radius 3 is 2.15 bits per heavy atom. The van der Waals surface area contributed by atoms with Gasteiger partial charge in [-0.3, -0.25) is 9.59 Å². The summed E-state index contributed by atoms with van der Waals surface area (Å²) in [7, 11) is 0. The van der Waals surface area contributed by atoms with Crippen molar-refractivity contribution >= 4 is 23.4 Å². The minimum atomic E-state index is -0.584. The fourth-order valence-electron chi connectivity index (χ4n) is 3.41. The van der Waals surface area contributed by atoms with Gasteiger partial charge in [-0.05, 0) is 53.1 Å². The van der Waals surface area contributed by atoms with E-state index in [-0.39, 0.29) is 23.8 Å². The van der Waals surface area contributed by atoms with E-state index < -0.39 is 6.04 Å². The largest absolute Gasteiger partial charge is 0.484 e. The molecule has 1 N–H and O–H groups in total. The second-order valence-electron chi connectivity index (χ2n) is 9.77. The second-order valence-corrected chi connectivity index (χ2v) is 10.2. The first-order valence-electron chi connectivity index (χ1n) is 11.6. The summed E-state index contributed by atoms with van der Waals surface area (Å²) in [6.45, 7) is 13.2. The van der Waals surface area contributed by atoms with Gasteiger partial charge >= 0.3 is 0 Å². The molecule has 0 spiro atoms. The second kappa shape index (κ2) is 12.1. The van der Waals surface area contributed by atoms with Crippen LogP contribution in [0.2, 0.25) is 5.02 Å². The number of carbonyl (C=O) groups excluding carboxylic acids is 2. The number of nitrogens with one attached hydrogen (secondary N) is 1. The molecule has 33 heavy (non-hydrogen) atoms. The number of halogens is 1. The van der Waals surface area contributed by atoms with Gasteiger partial charge in [-0.2, -0.15) is 0 Å². The number of nitrogens with zero attached hydrogens (tertiary/aromatic N) is 1. The van der Waals surface area contributed by atoms with Crippen molar-refractivity contribution in [1.82, 2.24) is 10.2 Å². The van der Waals surface area contributed by atoms with Crippen molar-refractivity contribution in [2.24, 2.45) is 5.92 Å². The maximum Gasteiger partial charge on any atom is 0.261 e. The van der Waals surface area contributed by atoms with Gasteiger partial charge in [0.15, 0.2) is 6.61 Å². The summed E-state index contributed by atoms with van der Waals surface area (Å²) in [6, 6.07) is 14.5. The molecule has 0 bridgehead atoms. The van der Waals surface area contributed by atoms with Gasteiger partial charge in [0, 0.05) is 18.1 Å². The molecule has 2 amide bonds. The summed E-state index contributed by atoms with van der Waals surface area (Å²) in [5.41, 5.74) is 2.14. The maximum atomic E-state index is 13.3. The summed E-state index contributed by atoms with van der Waals surface area (Å²) >= 11 is 6.01. The van der Waals surface area contributed by atoms with Crippen molar-refractivity contribution < 1.29 is 14.3 Å². The van der Waals surface area contributed by atoms with Gasteiger partial charge in [-0.15, -0.1) is 0 Å². The van der Waals surface area contributed by atoms with Crippen LogP contribution in [-0.4, -0.2) is 35.9 Å². The van der Waals surface area contributed by atoms with Crippen LogP contribution in [0.15, 0.2) is 48.5 Å². The molecule has 0 saturated heterocycles. The number of rotatable bonds is 10. The fraction of sp³-hybridized carbons (Fsp3) is 0.481. The smallest absolute Gasteiger partial charge is 0.261 e. The van der Waals surface area contributed by atoms with Crippen LogP contribution in [0.4, 0.5) is 0 Å². The summed E-state index contributed by atoms with van der Waals surface area (Å²) in [5.74, 6) is 0.561. The summed E-state index contributed by atoms with van der Waals surface area (Å²) in [5, 5.41) is 3.59. The van der Waals surface area contributed by atoms with Gasteiger partial charge in [0.2, 0.25) is 5.91 Å². The van der Waals surface area contributed by atoms with E-state index in [1.807, 2.05) is 57.2 Å². The SMILES string of the molecule is CC[C@@H](C(=O)NCC(C)C)N(Cc1ccc(Cl)cc1)C(=O)COc1ccc(C(C)(C)C)cc1.